The van der Waals surface area contributed by atoms with Crippen molar-refractivity contribution in [2.45, 2.75) is 83.7 Å². The standard InChI is InChI=1S/C32H39N5O5/c1-5-13-32(14-6-2)24-16-20(9-11-22(24)23-12-10-21(37(41)42)17-25(23)32)26-18-33-29(34-26)27-8-7-15-36(27)30(38)28(19(3)4)35-31(39)40/h9-12,16-19,27-28,35H,5-8,13-15H2,1-4H3,(H,33,34)(H,39,40)/t27-,28?/m0/s1. The van der Waals surface area contributed by atoms with Crippen molar-refractivity contribution in [3.63, 3.8) is 0 Å². The molecule has 1 aromatic heterocycles. The van der Waals surface area contributed by atoms with Crippen LogP contribution in [0.15, 0.2) is 42.6 Å². The Kier molecular flexibility index (Phi) is 8.08. The van der Waals surface area contributed by atoms with E-state index >= 15 is 0 Å². The van der Waals surface area contributed by atoms with E-state index in [9.17, 15) is 24.8 Å². The molecule has 42 heavy (non-hydrogen) atoms. The maximum absolute atomic E-state index is 13.4. The van der Waals surface area contributed by atoms with Gasteiger partial charge in [-0.15, -0.1) is 0 Å². The molecule has 0 saturated carbocycles. The van der Waals surface area contributed by atoms with Crippen LogP contribution in [0, 0.1) is 16.0 Å². The molecule has 0 radical (unpaired) electrons. The molecule has 2 heterocycles. The predicted octanol–water partition coefficient (Wildman–Crippen LogP) is 6.81. The third kappa shape index (κ3) is 5.03. The number of aromatic nitrogens is 2. The van der Waals surface area contributed by atoms with E-state index in [0.717, 1.165) is 66.5 Å². The van der Waals surface area contributed by atoms with Gasteiger partial charge in [-0.25, -0.2) is 9.78 Å². The fourth-order valence-electron chi connectivity index (χ4n) is 7.07. The van der Waals surface area contributed by atoms with Crippen LogP contribution in [0.3, 0.4) is 0 Å². The molecule has 5 rings (SSSR count). The molecule has 1 aliphatic heterocycles. The van der Waals surface area contributed by atoms with Crippen LogP contribution in [0.4, 0.5) is 10.5 Å². The summed E-state index contributed by atoms with van der Waals surface area (Å²) in [5, 5.41) is 23.3. The smallest absolute Gasteiger partial charge is 0.405 e. The number of hydrogen-bond acceptors (Lipinski definition) is 5. The lowest BCUT2D eigenvalue weighted by Crippen LogP contribution is -2.50. The Morgan fingerprint density at radius 3 is 2.43 bits per heavy atom. The zero-order valence-electron chi connectivity index (χ0n) is 24.6. The van der Waals surface area contributed by atoms with Crippen LogP contribution < -0.4 is 5.32 Å². The Morgan fingerprint density at radius 1 is 1.14 bits per heavy atom. The lowest BCUT2D eigenvalue weighted by atomic mass is 9.71. The second-order valence-electron chi connectivity index (χ2n) is 11.9. The molecule has 3 aromatic rings. The van der Waals surface area contributed by atoms with Gasteiger partial charge in [0, 0.05) is 24.1 Å². The minimum Gasteiger partial charge on any atom is -0.465 e. The number of aromatic amines is 1. The molecule has 222 valence electrons. The summed E-state index contributed by atoms with van der Waals surface area (Å²) in [6.07, 6.45) is 5.80. The van der Waals surface area contributed by atoms with Crippen molar-refractivity contribution in [1.29, 1.82) is 0 Å². The van der Waals surface area contributed by atoms with Crippen molar-refractivity contribution in [3.05, 3.63) is 69.7 Å². The van der Waals surface area contributed by atoms with Gasteiger partial charge in [0.1, 0.15) is 11.9 Å². The van der Waals surface area contributed by atoms with Gasteiger partial charge in [-0.1, -0.05) is 52.7 Å². The first-order valence-corrected chi connectivity index (χ1v) is 14.9. The molecule has 10 heteroatoms. The first-order valence-electron chi connectivity index (χ1n) is 14.9. The van der Waals surface area contributed by atoms with Crippen LogP contribution in [-0.4, -0.2) is 49.5 Å². The normalized spacial score (nSPS) is 17.6. The summed E-state index contributed by atoms with van der Waals surface area (Å²) in [6, 6.07) is 10.5. The SMILES string of the molecule is CCCC1(CCC)c2cc(-c3cnc([C@@H]4CCCN4C(=O)C(NC(=O)O)C(C)C)[nH]3)ccc2-c2ccc([N+](=O)[O-])cc21. The molecule has 1 saturated heterocycles. The number of carboxylic acid groups (broad SMARTS) is 1. The number of rotatable bonds is 10. The molecule has 3 N–H and O–H groups in total. The minimum absolute atomic E-state index is 0.116. The van der Waals surface area contributed by atoms with Gasteiger partial charge in [-0.2, -0.15) is 0 Å². The maximum atomic E-state index is 13.4. The highest BCUT2D eigenvalue weighted by atomic mass is 16.6. The first-order chi connectivity index (χ1) is 20.1. The lowest BCUT2D eigenvalue weighted by Gasteiger charge is -2.32. The molecule has 2 aromatic carbocycles. The van der Waals surface area contributed by atoms with Crippen molar-refractivity contribution >= 4 is 17.7 Å². The van der Waals surface area contributed by atoms with E-state index in [4.69, 9.17) is 0 Å². The van der Waals surface area contributed by atoms with Gasteiger partial charge in [0.15, 0.2) is 0 Å². The van der Waals surface area contributed by atoms with Gasteiger partial charge in [0.2, 0.25) is 5.91 Å². The number of nitrogens with zero attached hydrogens (tertiary/aromatic N) is 3. The summed E-state index contributed by atoms with van der Waals surface area (Å²) in [5.41, 5.74) is 6.00. The average molecular weight is 574 g/mol. The summed E-state index contributed by atoms with van der Waals surface area (Å²) in [7, 11) is 0. The zero-order valence-corrected chi connectivity index (χ0v) is 24.6. The van der Waals surface area contributed by atoms with Crippen molar-refractivity contribution in [3.8, 4) is 22.4 Å². The number of benzene rings is 2. The number of carbonyl (C=O) groups excluding carboxylic acids is 1. The number of imidazole rings is 1. The van der Waals surface area contributed by atoms with Crippen LogP contribution in [0.25, 0.3) is 22.4 Å². The number of likely N-dealkylation sites (tertiary alicyclic amines) is 1. The van der Waals surface area contributed by atoms with E-state index in [1.807, 2.05) is 19.9 Å². The quantitative estimate of drug-likeness (QED) is 0.180. The van der Waals surface area contributed by atoms with E-state index in [0.29, 0.717) is 12.4 Å². The Hall–Kier alpha value is -4.21. The van der Waals surface area contributed by atoms with E-state index in [2.05, 4.69) is 47.3 Å². The van der Waals surface area contributed by atoms with E-state index in [-0.39, 0.29) is 33.9 Å². The lowest BCUT2D eigenvalue weighted by molar-refractivity contribution is -0.384. The van der Waals surface area contributed by atoms with Crippen molar-refractivity contribution in [1.82, 2.24) is 20.2 Å². The second kappa shape index (κ2) is 11.6. The van der Waals surface area contributed by atoms with Gasteiger partial charge in [0.05, 0.1) is 22.9 Å². The molecular formula is C32H39N5O5. The molecule has 2 aliphatic rings. The number of fused-ring (bicyclic) bond motifs is 3. The number of hydrogen-bond donors (Lipinski definition) is 3. The summed E-state index contributed by atoms with van der Waals surface area (Å²) in [6.45, 7) is 8.51. The van der Waals surface area contributed by atoms with Gasteiger partial charge < -0.3 is 20.3 Å². The third-order valence-corrected chi connectivity index (χ3v) is 8.88. The van der Waals surface area contributed by atoms with Crippen LogP contribution in [0.2, 0.25) is 0 Å². The first kappa shape index (κ1) is 29.3. The van der Waals surface area contributed by atoms with Crippen molar-refractivity contribution in [2.75, 3.05) is 6.54 Å². The predicted molar refractivity (Wildman–Crippen MR) is 160 cm³/mol. The topological polar surface area (TPSA) is 141 Å². The molecular weight excluding hydrogens is 534 g/mol. The molecule has 0 bridgehead atoms. The van der Waals surface area contributed by atoms with Crippen molar-refractivity contribution in [2.24, 2.45) is 5.92 Å². The minimum atomic E-state index is -1.21. The van der Waals surface area contributed by atoms with Crippen LogP contribution >= 0.6 is 0 Å². The Labute approximate surface area is 245 Å². The Balaban J connectivity index is 1.50. The highest BCUT2D eigenvalue weighted by Crippen LogP contribution is 2.55. The second-order valence-corrected chi connectivity index (χ2v) is 11.9. The molecule has 1 unspecified atom stereocenters. The fourth-order valence-corrected chi connectivity index (χ4v) is 7.07. The maximum Gasteiger partial charge on any atom is 0.405 e. The molecule has 1 fully saturated rings. The number of non-ortho nitro benzene ring substituents is 1. The van der Waals surface area contributed by atoms with Gasteiger partial charge in [-0.3, -0.25) is 14.9 Å². The summed E-state index contributed by atoms with van der Waals surface area (Å²) >= 11 is 0. The fraction of sp³-hybridized carbons (Fsp3) is 0.469. The van der Waals surface area contributed by atoms with Crippen LogP contribution in [0.5, 0.6) is 0 Å². The van der Waals surface area contributed by atoms with Crippen molar-refractivity contribution < 1.29 is 19.6 Å². The monoisotopic (exact) mass is 573 g/mol. The van der Waals surface area contributed by atoms with Gasteiger partial charge in [0.25, 0.3) is 5.69 Å². The number of nitro groups is 1. The number of nitrogens with one attached hydrogen (secondary N) is 2. The van der Waals surface area contributed by atoms with E-state index in [1.54, 1.807) is 23.2 Å². The Bertz CT molecular complexity index is 1510. The van der Waals surface area contributed by atoms with E-state index < -0.39 is 12.1 Å². The number of H-pyrrole nitrogens is 1. The average Bonchev–Trinajstić information content (AvgIpc) is 3.69. The third-order valence-electron chi connectivity index (χ3n) is 8.88. The van der Waals surface area contributed by atoms with Crippen LogP contribution in [0.1, 0.15) is 89.2 Å². The molecule has 2 amide bonds. The highest BCUT2D eigenvalue weighted by Gasteiger charge is 2.43. The number of amides is 2. The zero-order chi connectivity index (χ0) is 30.2. The van der Waals surface area contributed by atoms with Gasteiger partial charge >= 0.3 is 6.09 Å². The van der Waals surface area contributed by atoms with Gasteiger partial charge in [-0.05, 0) is 71.6 Å². The number of carbonyl (C=O) groups is 2. The summed E-state index contributed by atoms with van der Waals surface area (Å²) < 4.78 is 0. The summed E-state index contributed by atoms with van der Waals surface area (Å²) in [5.74, 6) is 0.258. The summed E-state index contributed by atoms with van der Waals surface area (Å²) in [4.78, 5) is 46.0. The van der Waals surface area contributed by atoms with Crippen LogP contribution in [-0.2, 0) is 10.2 Å². The largest absolute Gasteiger partial charge is 0.465 e. The molecule has 1 aliphatic carbocycles. The number of nitro benzene ring substituents is 1. The van der Waals surface area contributed by atoms with E-state index in [1.165, 1.54) is 5.56 Å². The highest BCUT2D eigenvalue weighted by molar-refractivity contribution is 5.86. The molecule has 0 spiro atoms. The molecule has 10 nitrogen and oxygen atoms in total. The molecule has 2 atom stereocenters. The Morgan fingerprint density at radius 2 is 1.81 bits per heavy atom.